The third-order valence-corrected chi connectivity index (χ3v) is 5.35. The summed E-state index contributed by atoms with van der Waals surface area (Å²) in [5, 5.41) is 2.88. The van der Waals surface area contributed by atoms with Gasteiger partial charge in [-0.05, 0) is 23.6 Å². The SMILES string of the molecule is CCc1cc(CN2CCNC(=O)C2)ccc1N(C)c1cc2c(cn1)ncn2C. The van der Waals surface area contributed by atoms with Crippen LogP contribution in [0.25, 0.3) is 11.0 Å². The zero-order valence-electron chi connectivity index (χ0n) is 16.6. The first-order valence-electron chi connectivity index (χ1n) is 9.67. The number of aromatic nitrogens is 3. The summed E-state index contributed by atoms with van der Waals surface area (Å²) in [5.74, 6) is 1.00. The Balaban J connectivity index is 1.59. The maximum atomic E-state index is 11.6. The highest BCUT2D eigenvalue weighted by molar-refractivity contribution is 5.79. The molecule has 1 fully saturated rings. The average Bonchev–Trinajstić information content (AvgIpc) is 3.07. The molecular formula is C21H26N6O. The molecule has 1 aromatic carbocycles. The minimum Gasteiger partial charge on any atom is -0.354 e. The van der Waals surface area contributed by atoms with Gasteiger partial charge in [0.15, 0.2) is 0 Å². The van der Waals surface area contributed by atoms with Gasteiger partial charge in [-0.25, -0.2) is 9.97 Å². The molecule has 3 heterocycles. The molecule has 1 aliphatic heterocycles. The van der Waals surface area contributed by atoms with Crippen LogP contribution in [-0.2, 0) is 24.8 Å². The van der Waals surface area contributed by atoms with Crippen LogP contribution in [0.15, 0.2) is 36.8 Å². The van der Waals surface area contributed by atoms with Gasteiger partial charge < -0.3 is 14.8 Å². The molecule has 0 unspecified atom stereocenters. The number of piperazine rings is 1. The van der Waals surface area contributed by atoms with Gasteiger partial charge in [-0.1, -0.05) is 19.1 Å². The van der Waals surface area contributed by atoms with Crippen LogP contribution in [0.4, 0.5) is 11.5 Å². The standard InChI is InChI=1S/C21H26N6O/c1-4-16-9-15(12-27-8-7-22-21(28)13-27)5-6-18(16)26(3)20-10-19-17(11-23-20)24-14-25(19)2/h5-6,9-11,14H,4,7-8,12-13H2,1-3H3,(H,22,28). The molecule has 1 amide bonds. The molecule has 146 valence electrons. The third-order valence-electron chi connectivity index (χ3n) is 5.35. The van der Waals surface area contributed by atoms with Crippen molar-refractivity contribution in [1.29, 1.82) is 0 Å². The Hall–Kier alpha value is -2.93. The summed E-state index contributed by atoms with van der Waals surface area (Å²) in [4.78, 5) is 24.9. The van der Waals surface area contributed by atoms with Gasteiger partial charge in [0.1, 0.15) is 11.3 Å². The number of hydrogen-bond acceptors (Lipinski definition) is 5. The lowest BCUT2D eigenvalue weighted by Gasteiger charge is -2.27. The van der Waals surface area contributed by atoms with Gasteiger partial charge >= 0.3 is 0 Å². The molecule has 3 aromatic rings. The number of amides is 1. The molecule has 0 atom stereocenters. The van der Waals surface area contributed by atoms with Crippen LogP contribution >= 0.6 is 0 Å². The van der Waals surface area contributed by atoms with E-state index in [1.54, 1.807) is 0 Å². The van der Waals surface area contributed by atoms with Crippen LogP contribution in [0.3, 0.4) is 0 Å². The Morgan fingerprint density at radius 3 is 2.89 bits per heavy atom. The lowest BCUT2D eigenvalue weighted by molar-refractivity contribution is -0.124. The van der Waals surface area contributed by atoms with Crippen molar-refractivity contribution in [2.24, 2.45) is 7.05 Å². The van der Waals surface area contributed by atoms with Crippen molar-refractivity contribution in [3.05, 3.63) is 47.9 Å². The molecular weight excluding hydrogens is 352 g/mol. The second kappa shape index (κ2) is 7.59. The van der Waals surface area contributed by atoms with E-state index in [2.05, 4.69) is 56.3 Å². The van der Waals surface area contributed by atoms with Crippen molar-refractivity contribution in [3.63, 3.8) is 0 Å². The maximum absolute atomic E-state index is 11.6. The zero-order chi connectivity index (χ0) is 19.7. The molecule has 1 aliphatic rings. The summed E-state index contributed by atoms with van der Waals surface area (Å²) < 4.78 is 2.01. The van der Waals surface area contributed by atoms with E-state index in [4.69, 9.17) is 0 Å². The summed E-state index contributed by atoms with van der Waals surface area (Å²) in [6.45, 7) is 5.05. The lowest BCUT2D eigenvalue weighted by atomic mass is 10.0. The first kappa shape index (κ1) is 18.4. The number of nitrogens with zero attached hydrogens (tertiary/aromatic N) is 5. The topological polar surface area (TPSA) is 66.3 Å². The van der Waals surface area contributed by atoms with E-state index < -0.39 is 0 Å². The molecule has 1 saturated heterocycles. The number of aryl methyl sites for hydroxylation is 2. The van der Waals surface area contributed by atoms with Gasteiger partial charge in [0.25, 0.3) is 0 Å². The van der Waals surface area contributed by atoms with Crippen LogP contribution in [-0.4, -0.2) is 52.0 Å². The summed E-state index contributed by atoms with van der Waals surface area (Å²) in [5.41, 5.74) is 5.62. The van der Waals surface area contributed by atoms with Crippen molar-refractivity contribution in [3.8, 4) is 0 Å². The highest BCUT2D eigenvalue weighted by Crippen LogP contribution is 2.29. The van der Waals surface area contributed by atoms with Crippen molar-refractivity contribution in [2.45, 2.75) is 19.9 Å². The monoisotopic (exact) mass is 378 g/mol. The van der Waals surface area contributed by atoms with Crippen molar-refractivity contribution >= 4 is 28.4 Å². The van der Waals surface area contributed by atoms with E-state index in [-0.39, 0.29) is 5.91 Å². The zero-order valence-corrected chi connectivity index (χ0v) is 16.6. The summed E-state index contributed by atoms with van der Waals surface area (Å²) >= 11 is 0. The predicted octanol–water partition coefficient (Wildman–Crippen LogP) is 2.23. The quantitative estimate of drug-likeness (QED) is 0.738. The summed E-state index contributed by atoms with van der Waals surface area (Å²) in [6.07, 6.45) is 4.56. The minimum absolute atomic E-state index is 0.106. The number of fused-ring (bicyclic) bond motifs is 1. The van der Waals surface area contributed by atoms with E-state index >= 15 is 0 Å². The predicted molar refractivity (Wildman–Crippen MR) is 111 cm³/mol. The van der Waals surface area contributed by atoms with Gasteiger partial charge in [-0.3, -0.25) is 9.69 Å². The van der Waals surface area contributed by atoms with Gasteiger partial charge in [0.05, 0.1) is 24.6 Å². The lowest BCUT2D eigenvalue weighted by Crippen LogP contribution is -2.47. The molecule has 0 bridgehead atoms. The molecule has 0 saturated carbocycles. The molecule has 28 heavy (non-hydrogen) atoms. The highest BCUT2D eigenvalue weighted by Gasteiger charge is 2.17. The van der Waals surface area contributed by atoms with Crippen molar-refractivity contribution < 1.29 is 4.79 Å². The Bertz CT molecular complexity index is 1010. The average molecular weight is 378 g/mol. The normalized spacial score (nSPS) is 15.0. The fourth-order valence-electron chi connectivity index (χ4n) is 3.76. The van der Waals surface area contributed by atoms with Crippen LogP contribution in [0.2, 0.25) is 0 Å². The van der Waals surface area contributed by atoms with E-state index in [0.29, 0.717) is 6.54 Å². The fraction of sp³-hybridized carbons (Fsp3) is 0.381. The van der Waals surface area contributed by atoms with Crippen LogP contribution in [0, 0.1) is 0 Å². The molecule has 0 aliphatic carbocycles. The van der Waals surface area contributed by atoms with Gasteiger partial charge in [-0.2, -0.15) is 0 Å². The number of imidazole rings is 1. The Morgan fingerprint density at radius 1 is 1.25 bits per heavy atom. The first-order valence-corrected chi connectivity index (χ1v) is 9.67. The van der Waals surface area contributed by atoms with Crippen LogP contribution in [0.1, 0.15) is 18.1 Å². The van der Waals surface area contributed by atoms with Crippen molar-refractivity contribution in [1.82, 2.24) is 24.8 Å². The largest absolute Gasteiger partial charge is 0.354 e. The summed E-state index contributed by atoms with van der Waals surface area (Å²) in [7, 11) is 4.04. The number of pyridine rings is 1. The molecule has 0 spiro atoms. The van der Waals surface area contributed by atoms with Gasteiger partial charge in [0.2, 0.25) is 5.91 Å². The minimum atomic E-state index is 0.106. The third kappa shape index (κ3) is 3.57. The Morgan fingerprint density at radius 2 is 2.11 bits per heavy atom. The number of benzene rings is 1. The highest BCUT2D eigenvalue weighted by atomic mass is 16.2. The smallest absolute Gasteiger partial charge is 0.234 e. The number of carbonyl (C=O) groups excluding carboxylic acids is 1. The number of anilines is 2. The molecule has 0 radical (unpaired) electrons. The van der Waals surface area contributed by atoms with Crippen LogP contribution < -0.4 is 10.2 Å². The number of carbonyl (C=O) groups is 1. The number of hydrogen-bond donors (Lipinski definition) is 1. The van der Waals surface area contributed by atoms with E-state index in [1.807, 2.05) is 31.2 Å². The van der Waals surface area contributed by atoms with E-state index in [9.17, 15) is 4.79 Å². The van der Waals surface area contributed by atoms with E-state index in [1.165, 1.54) is 11.1 Å². The molecule has 4 rings (SSSR count). The molecule has 1 N–H and O–H groups in total. The summed E-state index contributed by atoms with van der Waals surface area (Å²) in [6, 6.07) is 8.64. The van der Waals surface area contributed by atoms with Crippen LogP contribution in [0.5, 0.6) is 0 Å². The van der Waals surface area contributed by atoms with E-state index in [0.717, 1.165) is 48.6 Å². The first-order chi connectivity index (χ1) is 13.5. The Kier molecular flexibility index (Phi) is 5.00. The number of nitrogens with one attached hydrogen (secondary N) is 1. The molecule has 7 heteroatoms. The molecule has 2 aromatic heterocycles. The van der Waals surface area contributed by atoms with Gasteiger partial charge in [-0.15, -0.1) is 0 Å². The number of rotatable bonds is 5. The van der Waals surface area contributed by atoms with Gasteiger partial charge in [0, 0.05) is 45.5 Å². The Labute approximate surface area is 165 Å². The van der Waals surface area contributed by atoms with Crippen molar-refractivity contribution in [2.75, 3.05) is 31.6 Å². The maximum Gasteiger partial charge on any atom is 0.234 e. The fourth-order valence-corrected chi connectivity index (χ4v) is 3.76. The molecule has 7 nitrogen and oxygen atoms in total. The second-order valence-corrected chi connectivity index (χ2v) is 7.32. The second-order valence-electron chi connectivity index (χ2n) is 7.32.